The topological polar surface area (TPSA) is 64.8 Å². The number of fused-ring (bicyclic) bond motifs is 1. The highest BCUT2D eigenvalue weighted by Crippen LogP contribution is 2.44. The molecule has 2 N–H and O–H groups in total. The van der Waals surface area contributed by atoms with Crippen molar-refractivity contribution in [1.82, 2.24) is 4.90 Å². The Hall–Kier alpha value is -2.19. The van der Waals surface area contributed by atoms with Crippen LogP contribution in [0.3, 0.4) is 0 Å². The largest absolute Gasteiger partial charge is 0.469 e. The van der Waals surface area contributed by atoms with Gasteiger partial charge in [-0.2, -0.15) is 0 Å². The zero-order valence-electron chi connectivity index (χ0n) is 17.0. The molecule has 0 spiro atoms. The van der Waals surface area contributed by atoms with Crippen LogP contribution in [0.25, 0.3) is 0 Å². The molecule has 3 aliphatic rings. The summed E-state index contributed by atoms with van der Waals surface area (Å²) in [6.07, 6.45) is 0.572. The van der Waals surface area contributed by atoms with Crippen LogP contribution in [0.15, 0.2) is 71.9 Å². The Kier molecular flexibility index (Phi) is 5.84. The van der Waals surface area contributed by atoms with Gasteiger partial charge in [-0.1, -0.05) is 60.7 Å². The van der Waals surface area contributed by atoms with Crippen LogP contribution in [0.5, 0.6) is 0 Å². The van der Waals surface area contributed by atoms with Gasteiger partial charge in [0.2, 0.25) is 11.0 Å². The van der Waals surface area contributed by atoms with Crippen LogP contribution in [0.4, 0.5) is 0 Å². The summed E-state index contributed by atoms with van der Waals surface area (Å²) >= 11 is 7.56. The lowest BCUT2D eigenvalue weighted by Crippen LogP contribution is -2.68. The third kappa shape index (κ3) is 3.80. The molecule has 2 saturated heterocycles. The number of rotatable bonds is 5. The fourth-order valence-electron chi connectivity index (χ4n) is 4.40. The lowest BCUT2D eigenvalue weighted by molar-refractivity contribution is -0.141. The smallest absolute Gasteiger partial charge is 0.248 e. The monoisotopic (exact) mass is 452 g/mol. The molecule has 2 fully saturated rings. The molecule has 0 aromatic heterocycles. The summed E-state index contributed by atoms with van der Waals surface area (Å²) < 4.78 is 12.1. The van der Waals surface area contributed by atoms with Crippen molar-refractivity contribution in [3.05, 3.63) is 83.1 Å². The van der Waals surface area contributed by atoms with E-state index in [-0.39, 0.29) is 23.3 Å². The van der Waals surface area contributed by atoms with E-state index >= 15 is 0 Å². The van der Waals surface area contributed by atoms with Gasteiger partial charge in [-0.05, 0) is 35.3 Å². The number of carbonyl (C=O) groups is 1. The molecule has 2 unspecified atom stereocenters. The Morgan fingerprint density at radius 1 is 1.13 bits per heavy atom. The van der Waals surface area contributed by atoms with Gasteiger partial charge in [0, 0.05) is 18.3 Å². The standard InChI is InChI=1S/C24H24N2O3S2/c25-19-22(27)26-20(18(14-31-23(19)26)17-11-12-28-13-17)24(30)29-21(15-7-3-1-4-8-15)16-9-5-2-6-10-16/h1-10,17,19,21,23H,11-14,25H2/t17?,19?,23-/m1/s1. The van der Waals surface area contributed by atoms with Crippen molar-refractivity contribution in [2.75, 3.05) is 19.0 Å². The van der Waals surface area contributed by atoms with Crippen molar-refractivity contribution in [2.45, 2.75) is 23.9 Å². The van der Waals surface area contributed by atoms with E-state index in [0.717, 1.165) is 41.2 Å². The summed E-state index contributed by atoms with van der Waals surface area (Å²) in [6, 6.07) is 19.6. The molecule has 1 amide bonds. The van der Waals surface area contributed by atoms with Gasteiger partial charge in [0.15, 0.2) is 0 Å². The van der Waals surface area contributed by atoms with Crippen LogP contribution >= 0.6 is 24.0 Å². The second-order valence-electron chi connectivity index (χ2n) is 7.98. The van der Waals surface area contributed by atoms with Crippen molar-refractivity contribution in [3.63, 3.8) is 0 Å². The van der Waals surface area contributed by atoms with Crippen LogP contribution < -0.4 is 5.73 Å². The molecule has 0 radical (unpaired) electrons. The van der Waals surface area contributed by atoms with E-state index in [1.807, 2.05) is 60.7 Å². The molecule has 7 heteroatoms. The zero-order chi connectivity index (χ0) is 21.4. The molecule has 3 atom stereocenters. The second kappa shape index (κ2) is 8.74. The predicted molar refractivity (Wildman–Crippen MR) is 125 cm³/mol. The van der Waals surface area contributed by atoms with E-state index in [9.17, 15) is 4.79 Å². The Morgan fingerprint density at radius 3 is 2.35 bits per heavy atom. The third-order valence-corrected chi connectivity index (χ3v) is 7.70. The van der Waals surface area contributed by atoms with E-state index in [4.69, 9.17) is 27.4 Å². The highest BCUT2D eigenvalue weighted by molar-refractivity contribution is 8.00. The number of β-lactam (4-membered cyclic amide) rings is 1. The molecule has 0 bridgehead atoms. The molecular formula is C24H24N2O3S2. The van der Waals surface area contributed by atoms with Crippen molar-refractivity contribution in [3.8, 4) is 0 Å². The van der Waals surface area contributed by atoms with Crippen LogP contribution in [0.1, 0.15) is 23.7 Å². The number of amides is 1. The van der Waals surface area contributed by atoms with E-state index < -0.39 is 6.04 Å². The van der Waals surface area contributed by atoms with Gasteiger partial charge in [-0.25, -0.2) is 0 Å². The molecule has 3 heterocycles. The van der Waals surface area contributed by atoms with Crippen molar-refractivity contribution in [2.24, 2.45) is 11.7 Å². The lowest BCUT2D eigenvalue weighted by atomic mass is 9.94. The summed E-state index contributed by atoms with van der Waals surface area (Å²) in [6.45, 7) is 1.38. The number of nitrogens with zero attached hydrogens (tertiary/aromatic N) is 1. The predicted octanol–water partition coefficient (Wildman–Crippen LogP) is 3.65. The van der Waals surface area contributed by atoms with Gasteiger partial charge < -0.3 is 15.2 Å². The second-order valence-corrected chi connectivity index (χ2v) is 9.45. The minimum absolute atomic E-state index is 0.0815. The number of nitrogens with two attached hydrogens (primary N) is 1. The quantitative estimate of drug-likeness (QED) is 0.552. The molecule has 31 heavy (non-hydrogen) atoms. The van der Waals surface area contributed by atoms with E-state index in [2.05, 4.69) is 0 Å². The number of ether oxygens (including phenoxy) is 2. The number of thioether (sulfide) groups is 1. The Labute approximate surface area is 191 Å². The normalized spacial score (nSPS) is 25.4. The lowest BCUT2D eigenvalue weighted by Gasteiger charge is -2.49. The van der Waals surface area contributed by atoms with Crippen molar-refractivity contribution >= 4 is 34.9 Å². The van der Waals surface area contributed by atoms with Gasteiger partial charge in [-0.15, -0.1) is 11.8 Å². The fraction of sp³-hybridized carbons (Fsp3) is 0.333. The minimum Gasteiger partial charge on any atom is -0.469 e. The number of benzene rings is 2. The SMILES string of the molecule is NC1C(=O)N2C(C(=S)OC(c3ccccc3)c3ccccc3)=C(C3CCOC3)CS[C@H]12. The molecule has 0 aliphatic carbocycles. The number of carbonyl (C=O) groups excluding carboxylic acids is 1. The molecule has 5 nitrogen and oxygen atoms in total. The average Bonchev–Trinajstić information content (AvgIpc) is 3.37. The van der Waals surface area contributed by atoms with Gasteiger partial charge in [0.25, 0.3) is 0 Å². The Bertz CT molecular complexity index is 966. The van der Waals surface area contributed by atoms with Crippen LogP contribution in [-0.2, 0) is 14.3 Å². The first kappa shape index (κ1) is 20.7. The van der Waals surface area contributed by atoms with Crippen LogP contribution in [0.2, 0.25) is 0 Å². The number of hydrogen-bond acceptors (Lipinski definition) is 6. The first-order chi connectivity index (χ1) is 15.1. The number of hydrogen-bond donors (Lipinski definition) is 1. The fourth-order valence-corrected chi connectivity index (χ4v) is 6.13. The average molecular weight is 453 g/mol. The Balaban J connectivity index is 1.51. The first-order valence-corrected chi connectivity index (χ1v) is 11.9. The third-order valence-electron chi connectivity index (χ3n) is 6.08. The van der Waals surface area contributed by atoms with Gasteiger partial charge in [0.05, 0.1) is 12.3 Å². The molecule has 2 aromatic rings. The zero-order valence-corrected chi connectivity index (χ0v) is 18.6. The van der Waals surface area contributed by atoms with Gasteiger partial charge in [0.1, 0.15) is 17.5 Å². The van der Waals surface area contributed by atoms with Crippen LogP contribution in [0, 0.1) is 5.92 Å². The molecule has 2 aromatic carbocycles. The molecular weight excluding hydrogens is 428 g/mol. The molecule has 5 rings (SSSR count). The molecule has 160 valence electrons. The highest BCUT2D eigenvalue weighted by Gasteiger charge is 2.52. The summed E-state index contributed by atoms with van der Waals surface area (Å²) in [5.74, 6) is 0.947. The van der Waals surface area contributed by atoms with Gasteiger partial charge in [-0.3, -0.25) is 9.69 Å². The summed E-state index contributed by atoms with van der Waals surface area (Å²) in [5.41, 5.74) is 9.97. The maximum absolute atomic E-state index is 12.7. The summed E-state index contributed by atoms with van der Waals surface area (Å²) in [7, 11) is 0. The summed E-state index contributed by atoms with van der Waals surface area (Å²) in [5, 5.41) is 0.271. The van der Waals surface area contributed by atoms with Crippen molar-refractivity contribution < 1.29 is 14.3 Å². The number of thiocarbonyl (C=S) groups is 1. The van der Waals surface area contributed by atoms with E-state index in [1.54, 1.807) is 16.7 Å². The van der Waals surface area contributed by atoms with Crippen LogP contribution in [-0.4, -0.2) is 46.2 Å². The molecule has 0 saturated carbocycles. The maximum Gasteiger partial charge on any atom is 0.248 e. The highest BCUT2D eigenvalue weighted by atomic mass is 32.2. The maximum atomic E-state index is 12.7. The molecule has 3 aliphatic heterocycles. The first-order valence-electron chi connectivity index (χ1n) is 10.5. The summed E-state index contributed by atoms with van der Waals surface area (Å²) in [4.78, 5) is 14.5. The van der Waals surface area contributed by atoms with E-state index in [0.29, 0.717) is 11.7 Å². The Morgan fingerprint density at radius 2 is 1.77 bits per heavy atom. The van der Waals surface area contributed by atoms with E-state index in [1.165, 1.54) is 0 Å². The van der Waals surface area contributed by atoms with Gasteiger partial charge >= 0.3 is 0 Å². The van der Waals surface area contributed by atoms with Crippen molar-refractivity contribution in [1.29, 1.82) is 0 Å². The minimum atomic E-state index is -0.483.